The van der Waals surface area contributed by atoms with E-state index in [2.05, 4.69) is 16.8 Å². The summed E-state index contributed by atoms with van der Waals surface area (Å²) in [5, 5.41) is 1.13. The minimum Gasteiger partial charge on any atom is -0.465 e. The number of rotatable bonds is 6. The second-order valence-electron chi connectivity index (χ2n) is 8.54. The Hall–Kier alpha value is -3.17. The Bertz CT molecular complexity index is 1390. The summed E-state index contributed by atoms with van der Waals surface area (Å²) in [6.07, 6.45) is 0.826. The third kappa shape index (κ3) is 5.41. The zero-order valence-electron chi connectivity index (χ0n) is 19.7. The molecule has 4 rings (SSSR count). The number of methoxy groups -OCH3 is 1. The van der Waals surface area contributed by atoms with E-state index < -0.39 is 5.97 Å². The molecule has 1 N–H and O–H groups in total. The maximum Gasteiger partial charge on any atom is 0.337 e. The number of hydrogen-bond acceptors (Lipinski definition) is 6. The van der Waals surface area contributed by atoms with Crippen LogP contribution in [-0.2, 0) is 16.1 Å². The molecule has 0 aliphatic carbocycles. The van der Waals surface area contributed by atoms with E-state index in [4.69, 9.17) is 28.6 Å². The number of ether oxygens (including phenoxy) is 1. The minimum absolute atomic E-state index is 0.0684. The van der Waals surface area contributed by atoms with Gasteiger partial charge < -0.3 is 19.5 Å². The molecule has 1 aliphatic rings. The first-order valence-electron chi connectivity index (χ1n) is 11.4. The highest BCUT2D eigenvalue weighted by atomic mass is 35.5. The van der Waals surface area contributed by atoms with E-state index in [1.165, 1.54) is 11.7 Å². The van der Waals surface area contributed by atoms with Gasteiger partial charge in [-0.15, -0.1) is 0 Å². The number of benzene rings is 2. The van der Waals surface area contributed by atoms with Gasteiger partial charge in [0.2, 0.25) is 5.91 Å². The van der Waals surface area contributed by atoms with Gasteiger partial charge in [0.1, 0.15) is 0 Å². The lowest BCUT2D eigenvalue weighted by molar-refractivity contribution is -0.131. The third-order valence-electron chi connectivity index (χ3n) is 6.32. The molecule has 2 heterocycles. The van der Waals surface area contributed by atoms with Gasteiger partial charge >= 0.3 is 5.97 Å². The summed E-state index contributed by atoms with van der Waals surface area (Å²) < 4.78 is 6.44. The number of fused-ring (bicyclic) bond motifs is 1. The lowest BCUT2D eigenvalue weighted by Gasteiger charge is -2.37. The number of nitrogens with zero attached hydrogens (tertiary/aromatic N) is 3. The second-order valence-corrected chi connectivity index (χ2v) is 9.36. The molecule has 0 spiro atoms. The van der Waals surface area contributed by atoms with Crippen LogP contribution in [0.4, 0.5) is 5.69 Å². The predicted molar refractivity (Wildman–Crippen MR) is 139 cm³/mol. The SMILES string of the molecule is COC(=O)c1ccc2c(=O)n(CCCC(=O)N3CCN(c4cc(Cl)ccc4C)CC3)c(=S)[nH]c2c1. The second kappa shape index (κ2) is 10.6. The first-order chi connectivity index (χ1) is 16.8. The minimum atomic E-state index is -0.488. The quantitative estimate of drug-likeness (QED) is 0.396. The molecule has 10 heteroatoms. The molecular weight excluding hydrogens is 488 g/mol. The Labute approximate surface area is 213 Å². The average molecular weight is 515 g/mol. The average Bonchev–Trinajstić information content (AvgIpc) is 2.86. The molecule has 2 aromatic carbocycles. The van der Waals surface area contributed by atoms with Gasteiger partial charge in [0, 0.05) is 49.9 Å². The van der Waals surface area contributed by atoms with Crippen LogP contribution in [0.1, 0.15) is 28.8 Å². The zero-order chi connectivity index (χ0) is 25.1. The van der Waals surface area contributed by atoms with Crippen molar-refractivity contribution in [2.45, 2.75) is 26.3 Å². The molecular formula is C25H27ClN4O4S. The number of aromatic nitrogens is 2. The Balaban J connectivity index is 1.36. The number of H-pyrrole nitrogens is 1. The number of piperazine rings is 1. The Morgan fingerprint density at radius 3 is 2.57 bits per heavy atom. The number of carbonyl (C=O) groups is 2. The first kappa shape index (κ1) is 24.9. The van der Waals surface area contributed by atoms with Crippen molar-refractivity contribution < 1.29 is 14.3 Å². The van der Waals surface area contributed by atoms with Gasteiger partial charge in [-0.2, -0.15) is 0 Å². The van der Waals surface area contributed by atoms with Crippen molar-refractivity contribution in [2.75, 3.05) is 38.2 Å². The van der Waals surface area contributed by atoms with Gasteiger partial charge in [-0.25, -0.2) is 4.79 Å². The summed E-state index contributed by atoms with van der Waals surface area (Å²) in [5.74, 6) is -0.420. The number of nitrogens with one attached hydrogen (secondary N) is 1. The molecule has 1 saturated heterocycles. The summed E-state index contributed by atoms with van der Waals surface area (Å²) >= 11 is 11.5. The van der Waals surface area contributed by atoms with Gasteiger partial charge in [0.25, 0.3) is 5.56 Å². The van der Waals surface area contributed by atoms with Crippen molar-refractivity contribution in [3.8, 4) is 0 Å². The van der Waals surface area contributed by atoms with Crippen molar-refractivity contribution in [1.29, 1.82) is 0 Å². The predicted octanol–water partition coefficient (Wildman–Crippen LogP) is 3.94. The fraction of sp³-hybridized carbons (Fsp3) is 0.360. The van der Waals surface area contributed by atoms with Crippen LogP contribution in [0.2, 0.25) is 5.02 Å². The number of amides is 1. The monoisotopic (exact) mass is 514 g/mol. The van der Waals surface area contributed by atoms with E-state index in [1.807, 2.05) is 23.1 Å². The van der Waals surface area contributed by atoms with Gasteiger partial charge in [0.05, 0.1) is 23.6 Å². The summed E-state index contributed by atoms with van der Waals surface area (Å²) in [6.45, 7) is 5.16. The molecule has 0 radical (unpaired) electrons. The number of esters is 1. The van der Waals surface area contributed by atoms with Crippen molar-refractivity contribution in [2.24, 2.45) is 0 Å². The number of anilines is 1. The van der Waals surface area contributed by atoms with Gasteiger partial charge in [-0.3, -0.25) is 14.2 Å². The summed E-state index contributed by atoms with van der Waals surface area (Å²) in [6, 6.07) is 10.5. The number of hydrogen-bond donors (Lipinski definition) is 1. The molecule has 3 aromatic rings. The first-order valence-corrected chi connectivity index (χ1v) is 12.2. The van der Waals surface area contributed by atoms with Crippen LogP contribution in [0.15, 0.2) is 41.2 Å². The standard InChI is InChI=1S/C25H27ClN4O4S/c1-16-5-7-18(26)15-21(16)28-10-12-29(13-11-28)22(31)4-3-9-30-23(32)19-8-6-17(24(33)34-2)14-20(19)27-25(30)35/h5-8,14-15H,3-4,9-13H2,1-2H3,(H,27,35). The maximum atomic E-state index is 12.9. The van der Waals surface area contributed by atoms with E-state index in [0.717, 1.165) is 24.3 Å². The lowest BCUT2D eigenvalue weighted by atomic mass is 10.1. The number of carbonyl (C=O) groups excluding carboxylic acids is 2. The largest absolute Gasteiger partial charge is 0.465 e. The number of aryl methyl sites for hydroxylation is 1. The van der Waals surface area contributed by atoms with E-state index in [1.54, 1.807) is 18.2 Å². The van der Waals surface area contributed by atoms with E-state index in [9.17, 15) is 14.4 Å². The molecule has 1 aliphatic heterocycles. The molecule has 1 amide bonds. The van der Waals surface area contributed by atoms with Gasteiger partial charge in [0.15, 0.2) is 4.77 Å². The van der Waals surface area contributed by atoms with Crippen LogP contribution in [-0.4, -0.2) is 59.6 Å². The highest BCUT2D eigenvalue weighted by molar-refractivity contribution is 7.71. The van der Waals surface area contributed by atoms with Crippen LogP contribution in [0, 0.1) is 11.7 Å². The summed E-state index contributed by atoms with van der Waals surface area (Å²) in [7, 11) is 1.30. The molecule has 184 valence electrons. The van der Waals surface area contributed by atoms with E-state index in [0.29, 0.717) is 54.0 Å². The molecule has 1 aromatic heterocycles. The van der Waals surface area contributed by atoms with Crippen molar-refractivity contribution in [3.05, 3.63) is 67.7 Å². The highest BCUT2D eigenvalue weighted by Crippen LogP contribution is 2.25. The smallest absolute Gasteiger partial charge is 0.337 e. The summed E-state index contributed by atoms with van der Waals surface area (Å²) in [5.41, 5.74) is 2.82. The van der Waals surface area contributed by atoms with Crippen molar-refractivity contribution in [3.63, 3.8) is 0 Å². The van der Waals surface area contributed by atoms with Gasteiger partial charge in [-0.05, 0) is 61.5 Å². The molecule has 0 bridgehead atoms. The maximum absolute atomic E-state index is 12.9. The highest BCUT2D eigenvalue weighted by Gasteiger charge is 2.22. The van der Waals surface area contributed by atoms with Crippen LogP contribution in [0.3, 0.4) is 0 Å². The van der Waals surface area contributed by atoms with Crippen molar-refractivity contribution >= 4 is 52.3 Å². The van der Waals surface area contributed by atoms with Crippen LogP contribution in [0.25, 0.3) is 10.9 Å². The molecule has 8 nitrogen and oxygen atoms in total. The molecule has 35 heavy (non-hydrogen) atoms. The van der Waals surface area contributed by atoms with E-state index in [-0.39, 0.29) is 16.2 Å². The lowest BCUT2D eigenvalue weighted by Crippen LogP contribution is -2.49. The zero-order valence-corrected chi connectivity index (χ0v) is 21.2. The molecule has 0 saturated carbocycles. The normalized spacial score (nSPS) is 13.8. The molecule has 1 fully saturated rings. The molecule has 0 unspecified atom stereocenters. The number of halogens is 1. The summed E-state index contributed by atoms with van der Waals surface area (Å²) in [4.78, 5) is 44.6. The topological polar surface area (TPSA) is 87.6 Å². The van der Waals surface area contributed by atoms with Crippen LogP contribution >= 0.6 is 23.8 Å². The number of aromatic amines is 1. The Morgan fingerprint density at radius 1 is 1.11 bits per heavy atom. The fourth-order valence-electron chi connectivity index (χ4n) is 4.37. The van der Waals surface area contributed by atoms with Crippen LogP contribution in [0.5, 0.6) is 0 Å². The van der Waals surface area contributed by atoms with Crippen molar-refractivity contribution in [1.82, 2.24) is 14.5 Å². The van der Waals surface area contributed by atoms with Gasteiger partial charge in [-0.1, -0.05) is 17.7 Å². The third-order valence-corrected chi connectivity index (χ3v) is 6.88. The van der Waals surface area contributed by atoms with E-state index >= 15 is 0 Å². The molecule has 0 atom stereocenters. The fourth-order valence-corrected chi connectivity index (χ4v) is 4.82. The Morgan fingerprint density at radius 2 is 1.86 bits per heavy atom. The Kier molecular flexibility index (Phi) is 7.57. The van der Waals surface area contributed by atoms with Crippen LogP contribution < -0.4 is 10.5 Å².